The average molecular weight is 571 g/mol. The zero-order valence-corrected chi connectivity index (χ0v) is 22.4. The summed E-state index contributed by atoms with van der Waals surface area (Å²) >= 11 is 0. The molecule has 0 radical (unpaired) electrons. The summed E-state index contributed by atoms with van der Waals surface area (Å²) in [4.78, 5) is 32.1. The standard InChI is InChI=1S/C26H28N6O2.C2HF3O2/c1-18-22(11-12-31(2)17-25-29-16-20(15-27)30-25)23-14-21(8-9-24(23)34-18)32(26(28)33)13-10-19-6-4-3-5-7-19;3-2(4,5)1(6)7/h3-9,14,16H,10-13,17H2,1-2H3,(H2,28,33)(H,29,30);(H,6,7). The number of carboxylic acids is 1. The fraction of sp³-hybridized carbons (Fsp3) is 0.286. The molecule has 4 aromatic rings. The summed E-state index contributed by atoms with van der Waals surface area (Å²) in [7, 11) is 2.01. The second kappa shape index (κ2) is 13.5. The maximum Gasteiger partial charge on any atom is 0.490 e. The Kier molecular flexibility index (Phi) is 10.1. The number of alkyl halides is 3. The lowest BCUT2D eigenvalue weighted by Gasteiger charge is -2.21. The van der Waals surface area contributed by atoms with Crippen LogP contribution in [0.15, 0.2) is 59.1 Å². The molecule has 4 N–H and O–H groups in total. The Hall–Kier alpha value is -4.83. The van der Waals surface area contributed by atoms with Crippen LogP contribution in [0.3, 0.4) is 0 Å². The minimum absolute atomic E-state index is 0.457. The molecule has 0 bridgehead atoms. The highest BCUT2D eigenvalue weighted by Crippen LogP contribution is 2.30. The molecule has 0 fully saturated rings. The number of hydrogen-bond acceptors (Lipinski definition) is 6. The van der Waals surface area contributed by atoms with Crippen LogP contribution < -0.4 is 10.6 Å². The van der Waals surface area contributed by atoms with Crippen molar-refractivity contribution in [2.45, 2.75) is 32.5 Å². The number of amides is 2. The molecule has 2 heterocycles. The smallest absolute Gasteiger partial charge is 0.475 e. The highest BCUT2D eigenvalue weighted by molar-refractivity contribution is 5.94. The second-order valence-electron chi connectivity index (χ2n) is 9.19. The first-order valence-corrected chi connectivity index (χ1v) is 12.4. The number of nitrogens with one attached hydrogen (secondary N) is 1. The number of aliphatic carboxylic acids is 1. The maximum atomic E-state index is 12.2. The summed E-state index contributed by atoms with van der Waals surface area (Å²) < 4.78 is 37.7. The number of aromatic amines is 1. The number of nitrogens with two attached hydrogens (primary N) is 1. The van der Waals surface area contributed by atoms with Crippen LogP contribution in [0.1, 0.15) is 28.4 Å². The van der Waals surface area contributed by atoms with Crippen LogP contribution in [0, 0.1) is 18.3 Å². The number of anilines is 1. The quantitative estimate of drug-likeness (QED) is 0.262. The minimum Gasteiger partial charge on any atom is -0.475 e. The van der Waals surface area contributed by atoms with Gasteiger partial charge in [0.15, 0.2) is 0 Å². The van der Waals surface area contributed by atoms with Crippen LogP contribution in [0.4, 0.5) is 23.7 Å². The molecule has 0 aliphatic rings. The first-order chi connectivity index (χ1) is 19.4. The third-order valence-electron chi connectivity index (χ3n) is 6.18. The van der Waals surface area contributed by atoms with Crippen molar-refractivity contribution in [1.82, 2.24) is 14.9 Å². The lowest BCUT2D eigenvalue weighted by atomic mass is 10.1. The van der Waals surface area contributed by atoms with Gasteiger partial charge in [-0.05, 0) is 50.6 Å². The van der Waals surface area contributed by atoms with Gasteiger partial charge in [0.05, 0.1) is 12.7 Å². The van der Waals surface area contributed by atoms with Gasteiger partial charge in [-0.3, -0.25) is 9.80 Å². The molecule has 0 saturated heterocycles. The van der Waals surface area contributed by atoms with E-state index in [-0.39, 0.29) is 0 Å². The van der Waals surface area contributed by atoms with Gasteiger partial charge in [-0.2, -0.15) is 18.4 Å². The van der Waals surface area contributed by atoms with E-state index in [1.54, 1.807) is 11.1 Å². The SMILES string of the molecule is Cc1oc2ccc(N(CCc3ccccc3)C(N)=O)cc2c1CCN(C)Cc1ncc(C#N)[nH]1.O=C(O)C(F)(F)F. The molecular weight excluding hydrogens is 541 g/mol. The molecule has 0 aliphatic heterocycles. The Balaban J connectivity index is 0.000000587. The van der Waals surface area contributed by atoms with Crippen molar-refractivity contribution in [1.29, 1.82) is 5.26 Å². The number of furan rings is 1. The van der Waals surface area contributed by atoms with Crippen LogP contribution in [0.5, 0.6) is 0 Å². The molecule has 2 aromatic carbocycles. The number of hydrogen-bond donors (Lipinski definition) is 3. The highest BCUT2D eigenvalue weighted by atomic mass is 19.4. The second-order valence-corrected chi connectivity index (χ2v) is 9.19. The molecule has 2 aromatic heterocycles. The van der Waals surface area contributed by atoms with Gasteiger partial charge in [0.2, 0.25) is 0 Å². The lowest BCUT2D eigenvalue weighted by molar-refractivity contribution is -0.192. The Bertz CT molecular complexity index is 1530. The zero-order chi connectivity index (χ0) is 30.2. The summed E-state index contributed by atoms with van der Waals surface area (Å²) in [5, 5.41) is 17.1. The number of rotatable bonds is 9. The fourth-order valence-corrected chi connectivity index (χ4v) is 4.13. The van der Waals surface area contributed by atoms with Crippen LogP contribution >= 0.6 is 0 Å². The molecule has 0 saturated carbocycles. The lowest BCUT2D eigenvalue weighted by Crippen LogP contribution is -2.37. The number of likely N-dealkylation sites (N-methyl/N-ethyl adjacent to an activating group) is 1. The van der Waals surface area contributed by atoms with Crippen molar-refractivity contribution >= 4 is 28.7 Å². The molecule has 41 heavy (non-hydrogen) atoms. The van der Waals surface area contributed by atoms with Gasteiger partial charge < -0.3 is 20.2 Å². The maximum absolute atomic E-state index is 12.2. The molecule has 0 unspecified atom stereocenters. The fourth-order valence-electron chi connectivity index (χ4n) is 4.13. The number of fused-ring (bicyclic) bond motifs is 1. The number of carbonyl (C=O) groups is 2. The predicted octanol–water partition coefficient (Wildman–Crippen LogP) is 4.77. The van der Waals surface area contributed by atoms with E-state index in [0.29, 0.717) is 25.2 Å². The van der Waals surface area contributed by atoms with E-state index in [9.17, 15) is 18.0 Å². The average Bonchev–Trinajstić information content (AvgIpc) is 3.50. The van der Waals surface area contributed by atoms with Gasteiger partial charge in [0.25, 0.3) is 0 Å². The largest absolute Gasteiger partial charge is 0.490 e. The number of benzene rings is 2. The normalized spacial score (nSPS) is 11.1. The Labute approximate surface area is 233 Å². The van der Waals surface area contributed by atoms with Gasteiger partial charge in [0, 0.05) is 29.7 Å². The molecule has 2 amide bonds. The number of halogens is 3. The molecule has 10 nitrogen and oxygen atoms in total. The Morgan fingerprint density at radius 3 is 2.41 bits per heavy atom. The zero-order valence-electron chi connectivity index (χ0n) is 22.4. The van der Waals surface area contributed by atoms with Gasteiger partial charge in [-0.15, -0.1) is 0 Å². The topological polar surface area (TPSA) is 152 Å². The summed E-state index contributed by atoms with van der Waals surface area (Å²) in [6, 6.07) is 17.4. The Morgan fingerprint density at radius 1 is 1.15 bits per heavy atom. The first-order valence-electron chi connectivity index (χ1n) is 12.4. The Morgan fingerprint density at radius 2 is 1.83 bits per heavy atom. The van der Waals surface area contributed by atoms with E-state index >= 15 is 0 Å². The number of imidazole rings is 1. The predicted molar refractivity (Wildman–Crippen MR) is 145 cm³/mol. The molecule has 0 atom stereocenters. The molecule has 216 valence electrons. The summed E-state index contributed by atoms with van der Waals surface area (Å²) in [6.45, 7) is 3.84. The van der Waals surface area contributed by atoms with Crippen LogP contribution in [0.25, 0.3) is 11.0 Å². The highest BCUT2D eigenvalue weighted by Gasteiger charge is 2.38. The number of nitriles is 1. The van der Waals surface area contributed by atoms with Gasteiger partial charge in [-0.25, -0.2) is 14.6 Å². The summed E-state index contributed by atoms with van der Waals surface area (Å²) in [5.41, 5.74) is 9.99. The van der Waals surface area contributed by atoms with E-state index < -0.39 is 18.2 Å². The summed E-state index contributed by atoms with van der Waals surface area (Å²) in [5.74, 6) is -1.14. The number of carboxylic acid groups (broad SMARTS) is 1. The van der Waals surface area contributed by atoms with Gasteiger partial charge in [-0.1, -0.05) is 30.3 Å². The molecule has 0 spiro atoms. The van der Waals surface area contributed by atoms with Crippen molar-refractivity contribution in [2.24, 2.45) is 5.73 Å². The van der Waals surface area contributed by atoms with E-state index in [0.717, 1.165) is 52.3 Å². The third-order valence-corrected chi connectivity index (χ3v) is 6.18. The minimum atomic E-state index is -5.08. The number of aryl methyl sites for hydroxylation is 1. The van der Waals surface area contributed by atoms with E-state index in [4.69, 9.17) is 25.3 Å². The number of primary amides is 1. The van der Waals surface area contributed by atoms with Crippen LogP contribution in [-0.4, -0.2) is 58.3 Å². The van der Waals surface area contributed by atoms with Crippen LogP contribution in [0.2, 0.25) is 0 Å². The summed E-state index contributed by atoms with van der Waals surface area (Å²) in [6.07, 6.45) is -2.06. The molecular formula is C28H29F3N6O4. The first kappa shape index (κ1) is 30.7. The van der Waals surface area contributed by atoms with E-state index in [1.807, 2.05) is 62.5 Å². The van der Waals surface area contributed by atoms with Crippen molar-refractivity contribution < 1.29 is 32.3 Å². The van der Waals surface area contributed by atoms with E-state index in [1.165, 1.54) is 0 Å². The number of urea groups is 1. The van der Waals surface area contributed by atoms with Crippen molar-refractivity contribution in [2.75, 3.05) is 25.0 Å². The van der Waals surface area contributed by atoms with Gasteiger partial charge in [0.1, 0.15) is 28.9 Å². The van der Waals surface area contributed by atoms with E-state index in [2.05, 4.69) is 20.9 Å². The third kappa shape index (κ3) is 8.58. The van der Waals surface area contributed by atoms with Crippen molar-refractivity contribution in [3.05, 3.63) is 83.1 Å². The van der Waals surface area contributed by atoms with Crippen molar-refractivity contribution in [3.63, 3.8) is 0 Å². The number of H-pyrrole nitrogens is 1. The number of carbonyl (C=O) groups excluding carboxylic acids is 1. The molecule has 0 aliphatic carbocycles. The monoisotopic (exact) mass is 570 g/mol. The van der Waals surface area contributed by atoms with Gasteiger partial charge >= 0.3 is 18.2 Å². The molecule has 4 rings (SSSR count). The van der Waals surface area contributed by atoms with Crippen LogP contribution in [-0.2, 0) is 24.2 Å². The molecule has 13 heteroatoms. The van der Waals surface area contributed by atoms with Crippen molar-refractivity contribution in [3.8, 4) is 6.07 Å². The number of aromatic nitrogens is 2. The number of nitrogens with zero attached hydrogens (tertiary/aromatic N) is 4.